The van der Waals surface area contributed by atoms with Crippen molar-refractivity contribution < 1.29 is 46.2 Å². The van der Waals surface area contributed by atoms with Crippen LogP contribution < -0.4 is 20.7 Å². The van der Waals surface area contributed by atoms with Crippen LogP contribution in [-0.4, -0.2) is 41.0 Å². The number of anilines is 3. The summed E-state index contributed by atoms with van der Waals surface area (Å²) >= 11 is 6.15. The van der Waals surface area contributed by atoms with Crippen LogP contribution in [0, 0.1) is 0 Å². The number of hydrogen-bond acceptors (Lipinski definition) is 5. The molecule has 2 aromatic rings. The van der Waals surface area contributed by atoms with Gasteiger partial charge in [-0.25, -0.2) is 0 Å². The molecule has 0 aliphatic carbocycles. The van der Waals surface area contributed by atoms with E-state index in [2.05, 4.69) is 31.4 Å². The number of carbonyl (C=O) groups excluding carboxylic acids is 3. The second kappa shape index (κ2) is 13.8. The number of phenols is 1. The van der Waals surface area contributed by atoms with Gasteiger partial charge in [0.05, 0.1) is 16.4 Å². The van der Waals surface area contributed by atoms with Crippen molar-refractivity contribution in [3.8, 4) is 11.5 Å². The number of halogens is 6. The van der Waals surface area contributed by atoms with Crippen molar-refractivity contribution in [3.05, 3.63) is 40.4 Å². The molecule has 3 amide bonds. The van der Waals surface area contributed by atoms with Gasteiger partial charge in [-0.1, -0.05) is 72.2 Å². The Hall–Kier alpha value is -3.61. The number of rotatable bonds is 12. The molecular formula is C31H39ClF5N3O5. The Morgan fingerprint density at radius 1 is 0.889 bits per heavy atom. The zero-order chi connectivity index (χ0) is 34.7. The van der Waals surface area contributed by atoms with Gasteiger partial charge in [-0.2, -0.15) is 22.0 Å². The number of carbonyl (C=O) groups is 3. The summed E-state index contributed by atoms with van der Waals surface area (Å²) in [6, 6.07) is 6.67. The average molecular weight is 664 g/mol. The molecule has 0 saturated heterocycles. The van der Waals surface area contributed by atoms with Crippen molar-refractivity contribution in [2.24, 2.45) is 0 Å². The van der Waals surface area contributed by atoms with E-state index >= 15 is 0 Å². The fourth-order valence-corrected chi connectivity index (χ4v) is 4.39. The monoisotopic (exact) mass is 663 g/mol. The standard InChI is InChI=1S/C31H39ClF5N3O5/c1-9-21(45-22-13-12-17(28(5,6)10-2)14-18(22)29(7,8)11-3)26(43)39-20-15-19(32)23(38-16(4)41)24(25(20)42)40-27(44)30(33,34)31(35,36)37/h12-15,21,42H,9-11H2,1-8H3,(H,38,41)(H,39,43)(H,40,44). The molecule has 250 valence electrons. The van der Waals surface area contributed by atoms with Gasteiger partial charge in [0.15, 0.2) is 11.9 Å². The molecule has 0 saturated carbocycles. The minimum absolute atomic E-state index is 0.125. The van der Waals surface area contributed by atoms with Gasteiger partial charge in [-0.15, -0.1) is 0 Å². The number of aromatic hydroxyl groups is 1. The zero-order valence-corrected chi connectivity index (χ0v) is 27.1. The summed E-state index contributed by atoms with van der Waals surface area (Å²) in [5, 5.41) is 16.0. The van der Waals surface area contributed by atoms with Crippen LogP contribution >= 0.6 is 11.6 Å². The highest BCUT2D eigenvalue weighted by atomic mass is 35.5. The normalized spacial score (nSPS) is 13.2. The molecule has 2 aromatic carbocycles. The molecule has 45 heavy (non-hydrogen) atoms. The van der Waals surface area contributed by atoms with E-state index < -0.39 is 63.8 Å². The van der Waals surface area contributed by atoms with Crippen molar-refractivity contribution in [1.82, 2.24) is 0 Å². The molecular weight excluding hydrogens is 625 g/mol. The Kier molecular flexibility index (Phi) is 11.5. The van der Waals surface area contributed by atoms with Crippen LogP contribution in [0.3, 0.4) is 0 Å². The molecule has 4 N–H and O–H groups in total. The molecule has 0 spiro atoms. The summed E-state index contributed by atoms with van der Waals surface area (Å²) in [4.78, 5) is 37.0. The lowest BCUT2D eigenvalue weighted by molar-refractivity contribution is -0.267. The van der Waals surface area contributed by atoms with Gasteiger partial charge in [0.1, 0.15) is 11.4 Å². The summed E-state index contributed by atoms with van der Waals surface area (Å²) in [6.45, 7) is 15.0. The highest BCUT2D eigenvalue weighted by molar-refractivity contribution is 6.35. The maximum Gasteiger partial charge on any atom is 0.463 e. The Balaban J connectivity index is 2.54. The minimum Gasteiger partial charge on any atom is -0.504 e. The molecule has 0 aromatic heterocycles. The summed E-state index contributed by atoms with van der Waals surface area (Å²) < 4.78 is 72.1. The minimum atomic E-state index is -6.27. The fourth-order valence-electron chi connectivity index (χ4n) is 4.14. The first kappa shape index (κ1) is 37.6. The molecule has 0 aliphatic heterocycles. The van der Waals surface area contributed by atoms with Gasteiger partial charge < -0.3 is 25.8 Å². The molecule has 0 fully saturated rings. The Morgan fingerprint density at radius 2 is 1.47 bits per heavy atom. The molecule has 0 aliphatic rings. The van der Waals surface area contributed by atoms with Crippen LogP contribution in [0.1, 0.15) is 85.8 Å². The fraction of sp³-hybridized carbons (Fsp3) is 0.516. The Bertz CT molecular complexity index is 1440. The number of nitrogens with one attached hydrogen (secondary N) is 3. The van der Waals surface area contributed by atoms with E-state index in [9.17, 15) is 41.4 Å². The highest BCUT2D eigenvalue weighted by Crippen LogP contribution is 2.46. The van der Waals surface area contributed by atoms with E-state index in [1.807, 2.05) is 32.9 Å². The van der Waals surface area contributed by atoms with E-state index in [1.54, 1.807) is 13.0 Å². The van der Waals surface area contributed by atoms with Gasteiger partial charge in [0, 0.05) is 12.5 Å². The maximum atomic E-state index is 13.7. The van der Waals surface area contributed by atoms with Gasteiger partial charge in [0.2, 0.25) is 5.91 Å². The van der Waals surface area contributed by atoms with Gasteiger partial charge in [-0.3, -0.25) is 14.4 Å². The number of alkyl halides is 5. The smallest absolute Gasteiger partial charge is 0.463 e. The Labute approximate surface area is 264 Å². The largest absolute Gasteiger partial charge is 0.504 e. The summed E-state index contributed by atoms with van der Waals surface area (Å²) in [6.07, 6.45) is -5.68. The van der Waals surface area contributed by atoms with Crippen molar-refractivity contribution in [3.63, 3.8) is 0 Å². The number of hydrogen-bond donors (Lipinski definition) is 4. The molecule has 1 atom stereocenters. The number of benzene rings is 2. The Morgan fingerprint density at radius 3 is 1.96 bits per heavy atom. The van der Waals surface area contributed by atoms with E-state index in [0.717, 1.165) is 37.0 Å². The van der Waals surface area contributed by atoms with Crippen LogP contribution in [0.15, 0.2) is 24.3 Å². The molecule has 0 radical (unpaired) electrons. The second-order valence-electron chi connectivity index (χ2n) is 11.9. The second-order valence-corrected chi connectivity index (χ2v) is 12.3. The van der Waals surface area contributed by atoms with Crippen molar-refractivity contribution in [1.29, 1.82) is 0 Å². The molecule has 0 heterocycles. The number of amides is 3. The lowest BCUT2D eigenvalue weighted by Crippen LogP contribution is -2.47. The zero-order valence-electron chi connectivity index (χ0n) is 26.4. The van der Waals surface area contributed by atoms with Crippen LogP contribution in [0.2, 0.25) is 5.02 Å². The quantitative estimate of drug-likeness (QED) is 0.135. The first-order chi connectivity index (χ1) is 20.5. The van der Waals surface area contributed by atoms with Crippen molar-refractivity contribution >= 4 is 46.4 Å². The maximum absolute atomic E-state index is 13.7. The molecule has 0 bridgehead atoms. The number of phenolic OH excluding ortho intramolecular Hbond substituents is 1. The van der Waals surface area contributed by atoms with E-state index in [0.29, 0.717) is 5.75 Å². The SMILES string of the molecule is CCC(Oc1ccc(C(C)(C)CC)cc1C(C)(C)CC)C(=O)Nc1cc(Cl)c(NC(C)=O)c(NC(=O)C(F)(F)C(F)(F)F)c1O. The van der Waals surface area contributed by atoms with Gasteiger partial charge in [-0.05, 0) is 47.8 Å². The van der Waals surface area contributed by atoms with Crippen LogP contribution in [0.25, 0.3) is 0 Å². The third kappa shape index (κ3) is 8.36. The summed E-state index contributed by atoms with van der Waals surface area (Å²) in [7, 11) is 0. The third-order valence-corrected chi connectivity index (χ3v) is 8.18. The summed E-state index contributed by atoms with van der Waals surface area (Å²) in [5.41, 5.74) is -0.849. The van der Waals surface area contributed by atoms with Gasteiger partial charge >= 0.3 is 18.0 Å². The van der Waals surface area contributed by atoms with Crippen LogP contribution in [0.4, 0.5) is 39.0 Å². The molecule has 1 unspecified atom stereocenters. The topological polar surface area (TPSA) is 117 Å². The predicted molar refractivity (Wildman–Crippen MR) is 163 cm³/mol. The van der Waals surface area contributed by atoms with Gasteiger partial charge in [0.25, 0.3) is 5.91 Å². The van der Waals surface area contributed by atoms with Crippen LogP contribution in [-0.2, 0) is 25.2 Å². The number of ether oxygens (including phenoxy) is 1. The first-order valence-corrected chi connectivity index (χ1v) is 14.6. The lowest BCUT2D eigenvalue weighted by atomic mass is 9.76. The first-order valence-electron chi connectivity index (χ1n) is 14.3. The van der Waals surface area contributed by atoms with Crippen LogP contribution in [0.5, 0.6) is 11.5 Å². The van der Waals surface area contributed by atoms with E-state index in [4.69, 9.17) is 16.3 Å². The lowest BCUT2D eigenvalue weighted by Gasteiger charge is -2.31. The van der Waals surface area contributed by atoms with Crippen molar-refractivity contribution in [2.75, 3.05) is 16.0 Å². The average Bonchev–Trinajstić information content (AvgIpc) is 2.94. The van der Waals surface area contributed by atoms with Crippen molar-refractivity contribution in [2.45, 2.75) is 104 Å². The molecule has 14 heteroatoms. The summed E-state index contributed by atoms with van der Waals surface area (Å²) in [5.74, 6) is -11.1. The van der Waals surface area contributed by atoms with E-state index in [1.165, 1.54) is 5.32 Å². The highest BCUT2D eigenvalue weighted by Gasteiger charge is 2.63. The molecule has 2 rings (SSSR count). The third-order valence-electron chi connectivity index (χ3n) is 7.88. The molecule has 8 nitrogen and oxygen atoms in total. The predicted octanol–water partition coefficient (Wildman–Crippen LogP) is 8.31. The van der Waals surface area contributed by atoms with E-state index in [-0.39, 0.29) is 17.3 Å².